The second-order valence-corrected chi connectivity index (χ2v) is 7.32. The van der Waals surface area contributed by atoms with Crippen molar-refractivity contribution in [2.24, 2.45) is 0 Å². The van der Waals surface area contributed by atoms with Crippen molar-refractivity contribution in [3.05, 3.63) is 17.2 Å². The second-order valence-electron chi connectivity index (χ2n) is 5.01. The van der Waals surface area contributed by atoms with E-state index in [1.807, 2.05) is 0 Å². The Bertz CT molecular complexity index is 701. The Morgan fingerprint density at radius 2 is 1.88 bits per heavy atom. The average molecular weight is 379 g/mol. The van der Waals surface area contributed by atoms with Gasteiger partial charge in [0, 0.05) is 33.4 Å². The fourth-order valence-electron chi connectivity index (χ4n) is 2.16. The summed E-state index contributed by atoms with van der Waals surface area (Å²) in [4.78, 5) is 11.2. The van der Waals surface area contributed by atoms with Crippen LogP contribution < -0.4 is 10.1 Å². The summed E-state index contributed by atoms with van der Waals surface area (Å²) in [5, 5.41) is 2.58. The molecule has 1 aliphatic heterocycles. The van der Waals surface area contributed by atoms with Gasteiger partial charge in [-0.25, -0.2) is 8.42 Å². The van der Waals surface area contributed by atoms with Gasteiger partial charge in [0.15, 0.2) is 6.61 Å². The van der Waals surface area contributed by atoms with Crippen molar-refractivity contribution in [2.45, 2.75) is 4.90 Å². The van der Waals surface area contributed by atoms with Gasteiger partial charge in [0.05, 0.1) is 23.9 Å². The molecule has 1 N–H and O–H groups in total. The largest absolute Gasteiger partial charge is 0.482 e. The molecule has 134 valence electrons. The molecule has 0 radical (unpaired) electrons. The molecule has 0 saturated heterocycles. The van der Waals surface area contributed by atoms with Crippen molar-refractivity contribution >= 4 is 33.2 Å². The second kappa shape index (κ2) is 8.13. The summed E-state index contributed by atoms with van der Waals surface area (Å²) in [6.45, 7) is 0.613. The fourth-order valence-corrected chi connectivity index (χ4v) is 4.08. The molecule has 1 amide bonds. The lowest BCUT2D eigenvalue weighted by atomic mass is 10.2. The number of hydrogen-bond acceptors (Lipinski definition) is 6. The summed E-state index contributed by atoms with van der Waals surface area (Å²) in [7, 11) is -0.895. The molecule has 0 bridgehead atoms. The predicted octanol–water partition coefficient (Wildman–Crippen LogP) is 0.954. The molecule has 2 rings (SSSR count). The van der Waals surface area contributed by atoms with Crippen molar-refractivity contribution in [3.63, 3.8) is 0 Å². The quantitative estimate of drug-likeness (QED) is 0.724. The number of amides is 1. The van der Waals surface area contributed by atoms with Gasteiger partial charge in [-0.1, -0.05) is 11.6 Å². The average Bonchev–Trinajstić information content (AvgIpc) is 2.53. The minimum Gasteiger partial charge on any atom is -0.482 e. The first-order valence-electron chi connectivity index (χ1n) is 7.14. The van der Waals surface area contributed by atoms with Crippen LogP contribution in [0.4, 0.5) is 5.69 Å². The van der Waals surface area contributed by atoms with E-state index in [1.54, 1.807) is 0 Å². The SMILES string of the molecule is COCCN(CCOC)S(=O)(=O)c1cc2c(cc1Cl)NC(=O)CO2. The van der Waals surface area contributed by atoms with E-state index in [-0.39, 0.29) is 54.5 Å². The number of anilines is 1. The molecule has 24 heavy (non-hydrogen) atoms. The summed E-state index contributed by atoms with van der Waals surface area (Å²) >= 11 is 6.13. The topological polar surface area (TPSA) is 94.2 Å². The highest BCUT2D eigenvalue weighted by atomic mass is 35.5. The van der Waals surface area contributed by atoms with Gasteiger partial charge in [-0.3, -0.25) is 4.79 Å². The number of benzene rings is 1. The zero-order valence-corrected chi connectivity index (χ0v) is 14.9. The van der Waals surface area contributed by atoms with Crippen LogP contribution in [0.3, 0.4) is 0 Å². The van der Waals surface area contributed by atoms with Gasteiger partial charge in [-0.05, 0) is 6.07 Å². The summed E-state index contributed by atoms with van der Waals surface area (Å²) in [6.07, 6.45) is 0. The highest BCUT2D eigenvalue weighted by Crippen LogP contribution is 2.36. The van der Waals surface area contributed by atoms with Gasteiger partial charge in [0.2, 0.25) is 10.0 Å². The minimum atomic E-state index is -3.87. The van der Waals surface area contributed by atoms with Crippen molar-refractivity contribution in [1.82, 2.24) is 4.31 Å². The Morgan fingerprint density at radius 3 is 2.46 bits per heavy atom. The summed E-state index contributed by atoms with van der Waals surface area (Å²) < 4.78 is 42.2. The number of fused-ring (bicyclic) bond motifs is 1. The summed E-state index contributed by atoms with van der Waals surface area (Å²) in [5.74, 6) is -0.0630. The number of hydrogen-bond donors (Lipinski definition) is 1. The molecule has 0 unspecified atom stereocenters. The zero-order chi connectivity index (χ0) is 17.7. The number of halogens is 1. The van der Waals surface area contributed by atoms with Crippen molar-refractivity contribution < 1.29 is 27.4 Å². The molecular weight excluding hydrogens is 360 g/mol. The Hall–Kier alpha value is -1.39. The van der Waals surface area contributed by atoms with E-state index in [4.69, 9.17) is 25.8 Å². The van der Waals surface area contributed by atoms with E-state index in [9.17, 15) is 13.2 Å². The van der Waals surface area contributed by atoms with Crippen LogP contribution in [-0.2, 0) is 24.3 Å². The van der Waals surface area contributed by atoms with Gasteiger partial charge in [-0.2, -0.15) is 4.31 Å². The Balaban J connectivity index is 2.37. The third-order valence-electron chi connectivity index (χ3n) is 3.37. The zero-order valence-electron chi connectivity index (χ0n) is 13.4. The van der Waals surface area contributed by atoms with Gasteiger partial charge < -0.3 is 19.5 Å². The molecular formula is C14H19ClN2O6S. The van der Waals surface area contributed by atoms with Gasteiger partial charge in [-0.15, -0.1) is 0 Å². The molecule has 0 spiro atoms. The standard InChI is InChI=1S/C14H19ClN2O6S/c1-21-5-3-17(4-6-22-2)24(19,20)13-8-12-11(7-10(13)15)16-14(18)9-23-12/h7-8H,3-6,9H2,1-2H3,(H,16,18). The number of nitrogens with zero attached hydrogens (tertiary/aromatic N) is 1. The van der Waals surface area contributed by atoms with E-state index >= 15 is 0 Å². The predicted molar refractivity (Wildman–Crippen MR) is 88.1 cm³/mol. The molecule has 0 fully saturated rings. The molecule has 1 aromatic carbocycles. The van der Waals surface area contributed by atoms with Gasteiger partial charge >= 0.3 is 0 Å². The van der Waals surface area contributed by atoms with Crippen LogP contribution in [0, 0.1) is 0 Å². The number of methoxy groups -OCH3 is 2. The summed E-state index contributed by atoms with van der Waals surface area (Å²) in [5.41, 5.74) is 0.343. The van der Waals surface area contributed by atoms with Crippen molar-refractivity contribution in [2.75, 3.05) is 52.4 Å². The number of carbonyl (C=O) groups is 1. The molecule has 0 aromatic heterocycles. The molecule has 0 aliphatic carbocycles. The van der Waals surface area contributed by atoms with E-state index in [0.29, 0.717) is 5.69 Å². The first-order valence-corrected chi connectivity index (χ1v) is 8.96. The van der Waals surface area contributed by atoms with Crippen LogP contribution in [0.2, 0.25) is 5.02 Å². The van der Waals surface area contributed by atoms with Crippen molar-refractivity contribution in [1.29, 1.82) is 0 Å². The fraction of sp³-hybridized carbons (Fsp3) is 0.500. The molecule has 1 aromatic rings. The molecule has 0 saturated carbocycles. The maximum absolute atomic E-state index is 12.9. The van der Waals surface area contributed by atoms with Crippen LogP contribution in [-0.4, -0.2) is 65.8 Å². The Labute approximate surface area is 145 Å². The monoisotopic (exact) mass is 378 g/mol. The molecule has 8 nitrogen and oxygen atoms in total. The van der Waals surface area contributed by atoms with E-state index < -0.39 is 10.0 Å². The third-order valence-corrected chi connectivity index (χ3v) is 5.74. The maximum Gasteiger partial charge on any atom is 0.262 e. The smallest absolute Gasteiger partial charge is 0.262 e. The van der Waals surface area contributed by atoms with E-state index in [1.165, 1.54) is 30.7 Å². The summed E-state index contributed by atoms with van der Waals surface area (Å²) in [6, 6.07) is 2.69. The van der Waals surface area contributed by atoms with Crippen LogP contribution in [0.5, 0.6) is 5.75 Å². The Morgan fingerprint density at radius 1 is 1.25 bits per heavy atom. The van der Waals surface area contributed by atoms with E-state index in [0.717, 1.165) is 0 Å². The third kappa shape index (κ3) is 4.17. The number of sulfonamides is 1. The number of rotatable bonds is 8. The molecule has 1 heterocycles. The van der Waals surface area contributed by atoms with Gasteiger partial charge in [0.1, 0.15) is 10.6 Å². The van der Waals surface area contributed by atoms with Gasteiger partial charge in [0.25, 0.3) is 5.91 Å². The first kappa shape index (κ1) is 18.9. The van der Waals surface area contributed by atoms with Crippen molar-refractivity contribution in [3.8, 4) is 5.75 Å². The number of nitrogens with one attached hydrogen (secondary N) is 1. The first-order chi connectivity index (χ1) is 11.4. The number of ether oxygens (including phenoxy) is 3. The normalized spacial score (nSPS) is 14.2. The lowest BCUT2D eigenvalue weighted by Gasteiger charge is -2.24. The molecule has 1 aliphatic rings. The van der Waals surface area contributed by atoms with Crippen LogP contribution in [0.25, 0.3) is 0 Å². The molecule has 10 heteroatoms. The van der Waals surface area contributed by atoms with E-state index in [2.05, 4.69) is 5.32 Å². The van der Waals surface area contributed by atoms with Crippen LogP contribution in [0.15, 0.2) is 17.0 Å². The lowest BCUT2D eigenvalue weighted by molar-refractivity contribution is -0.118. The highest BCUT2D eigenvalue weighted by Gasteiger charge is 2.29. The maximum atomic E-state index is 12.9. The number of carbonyl (C=O) groups excluding carboxylic acids is 1. The molecule has 0 atom stereocenters. The van der Waals surface area contributed by atoms with Crippen LogP contribution in [0.1, 0.15) is 0 Å². The highest BCUT2D eigenvalue weighted by molar-refractivity contribution is 7.89. The lowest BCUT2D eigenvalue weighted by Crippen LogP contribution is -2.36. The minimum absolute atomic E-state index is 0.000571. The van der Waals surface area contributed by atoms with Crippen LogP contribution >= 0.6 is 11.6 Å². The Kier molecular flexibility index (Phi) is 6.41.